The van der Waals surface area contributed by atoms with Crippen LogP contribution in [0.15, 0.2) is 29.1 Å². The van der Waals surface area contributed by atoms with Crippen LogP contribution in [0.1, 0.15) is 22.5 Å². The monoisotopic (exact) mass is 324 g/mol. The van der Waals surface area contributed by atoms with Gasteiger partial charge in [0.15, 0.2) is 0 Å². The number of methoxy groups -OCH3 is 1. The summed E-state index contributed by atoms with van der Waals surface area (Å²) in [5.74, 6) is -0.670. The molecule has 0 radical (unpaired) electrons. The molecule has 1 amide bonds. The first-order valence-electron chi connectivity index (χ1n) is 6.15. The number of ether oxygens (including phenoxy) is 1. The van der Waals surface area contributed by atoms with Gasteiger partial charge in [-0.1, -0.05) is 11.6 Å². The summed E-state index contributed by atoms with van der Waals surface area (Å²) in [7, 11) is 1.29. The number of anilines is 1. The molecule has 0 unspecified atom stereocenters. The smallest absolute Gasteiger partial charge is 0.337 e. The zero-order chi connectivity index (χ0) is 15.2. The van der Waals surface area contributed by atoms with Crippen molar-refractivity contribution < 1.29 is 14.3 Å². The molecule has 0 spiro atoms. The Kier molecular flexibility index (Phi) is 5.30. The van der Waals surface area contributed by atoms with Gasteiger partial charge in [0.25, 0.3) is 0 Å². The fourth-order valence-corrected chi connectivity index (χ4v) is 2.44. The number of thiazole rings is 1. The Labute approximate surface area is 130 Å². The van der Waals surface area contributed by atoms with E-state index in [0.717, 1.165) is 5.69 Å². The highest BCUT2D eigenvalue weighted by Gasteiger charge is 2.11. The topological polar surface area (TPSA) is 68.3 Å². The summed E-state index contributed by atoms with van der Waals surface area (Å²) < 4.78 is 4.63. The van der Waals surface area contributed by atoms with Crippen LogP contribution in [-0.2, 0) is 16.0 Å². The minimum absolute atomic E-state index is 0.188. The molecule has 7 heteroatoms. The number of esters is 1. The van der Waals surface area contributed by atoms with Crippen molar-refractivity contribution in [1.82, 2.24) is 4.98 Å². The molecule has 2 aromatic rings. The van der Waals surface area contributed by atoms with Gasteiger partial charge in [-0.2, -0.15) is 0 Å². The lowest BCUT2D eigenvalue weighted by molar-refractivity contribution is -0.116. The normalized spacial score (nSPS) is 10.2. The number of halogens is 1. The highest BCUT2D eigenvalue weighted by molar-refractivity contribution is 7.07. The van der Waals surface area contributed by atoms with E-state index in [1.165, 1.54) is 24.5 Å². The largest absolute Gasteiger partial charge is 0.465 e. The van der Waals surface area contributed by atoms with E-state index >= 15 is 0 Å². The number of hydrogen-bond acceptors (Lipinski definition) is 5. The van der Waals surface area contributed by atoms with Crippen molar-refractivity contribution in [2.45, 2.75) is 12.8 Å². The first-order valence-corrected chi connectivity index (χ1v) is 7.47. The summed E-state index contributed by atoms with van der Waals surface area (Å²) >= 11 is 7.50. The molecule has 0 atom stereocenters. The van der Waals surface area contributed by atoms with Crippen LogP contribution in [0.3, 0.4) is 0 Å². The van der Waals surface area contributed by atoms with Gasteiger partial charge in [0.1, 0.15) is 0 Å². The van der Waals surface area contributed by atoms with Crippen LogP contribution in [0.25, 0.3) is 0 Å². The molecule has 110 valence electrons. The Morgan fingerprint density at radius 1 is 1.43 bits per heavy atom. The third-order valence-electron chi connectivity index (χ3n) is 2.75. The lowest BCUT2D eigenvalue weighted by atomic mass is 10.2. The summed E-state index contributed by atoms with van der Waals surface area (Å²) in [5.41, 5.74) is 3.33. The van der Waals surface area contributed by atoms with Crippen LogP contribution in [0, 0.1) is 0 Å². The molecule has 1 aromatic carbocycles. The van der Waals surface area contributed by atoms with E-state index < -0.39 is 5.97 Å². The zero-order valence-corrected chi connectivity index (χ0v) is 12.8. The third-order valence-corrected chi connectivity index (χ3v) is 3.72. The second kappa shape index (κ2) is 7.19. The van der Waals surface area contributed by atoms with Crippen LogP contribution < -0.4 is 5.32 Å². The Balaban J connectivity index is 2.01. The van der Waals surface area contributed by atoms with Crippen LogP contribution in [-0.4, -0.2) is 24.0 Å². The summed E-state index contributed by atoms with van der Waals surface area (Å²) in [6.07, 6.45) is 0.853. The van der Waals surface area contributed by atoms with E-state index in [9.17, 15) is 9.59 Å². The highest BCUT2D eigenvalue weighted by Crippen LogP contribution is 2.23. The SMILES string of the molecule is COC(=O)c1ccc(Cl)c(NC(=O)CCc2cscn2)c1. The second-order valence-electron chi connectivity index (χ2n) is 4.21. The molecule has 0 fully saturated rings. The number of nitrogens with zero attached hydrogens (tertiary/aromatic N) is 1. The Hall–Kier alpha value is -1.92. The molecule has 1 heterocycles. The number of amides is 1. The van der Waals surface area contributed by atoms with Gasteiger partial charge in [-0.25, -0.2) is 9.78 Å². The van der Waals surface area contributed by atoms with Crippen molar-refractivity contribution in [1.29, 1.82) is 0 Å². The lowest BCUT2D eigenvalue weighted by Crippen LogP contribution is -2.13. The van der Waals surface area contributed by atoms with Crippen molar-refractivity contribution in [3.8, 4) is 0 Å². The quantitative estimate of drug-likeness (QED) is 0.858. The van der Waals surface area contributed by atoms with Gasteiger partial charge in [0, 0.05) is 11.8 Å². The van der Waals surface area contributed by atoms with Crippen molar-refractivity contribution in [2.24, 2.45) is 0 Å². The van der Waals surface area contributed by atoms with Gasteiger partial charge < -0.3 is 10.1 Å². The molecule has 5 nitrogen and oxygen atoms in total. The van der Waals surface area contributed by atoms with Crippen molar-refractivity contribution in [3.05, 3.63) is 45.4 Å². The highest BCUT2D eigenvalue weighted by atomic mass is 35.5. The molecule has 0 bridgehead atoms. The Bertz CT molecular complexity index is 644. The summed E-state index contributed by atoms with van der Waals surface area (Å²) in [4.78, 5) is 27.5. The predicted octanol–water partition coefficient (Wildman–Crippen LogP) is 3.15. The van der Waals surface area contributed by atoms with Crippen molar-refractivity contribution in [3.63, 3.8) is 0 Å². The molecule has 0 saturated carbocycles. The number of aryl methyl sites for hydroxylation is 1. The average molecular weight is 325 g/mol. The third kappa shape index (κ3) is 4.27. The number of carbonyl (C=O) groups excluding carboxylic acids is 2. The van der Waals surface area contributed by atoms with Gasteiger partial charge in [-0.05, 0) is 24.6 Å². The fourth-order valence-electron chi connectivity index (χ4n) is 1.68. The summed E-state index contributed by atoms with van der Waals surface area (Å²) in [5, 5.41) is 4.96. The standard InChI is InChI=1S/C14H13ClN2O3S/c1-20-14(19)9-2-4-11(15)12(6-9)17-13(18)5-3-10-7-21-8-16-10/h2,4,6-8H,3,5H2,1H3,(H,17,18). The van der Waals surface area contributed by atoms with E-state index in [0.29, 0.717) is 29.1 Å². The Morgan fingerprint density at radius 3 is 2.90 bits per heavy atom. The molecule has 1 N–H and O–H groups in total. The summed E-state index contributed by atoms with van der Waals surface area (Å²) in [6, 6.07) is 4.58. The van der Waals surface area contributed by atoms with Crippen LogP contribution in [0.2, 0.25) is 5.02 Å². The first-order chi connectivity index (χ1) is 10.1. The Morgan fingerprint density at radius 2 is 2.24 bits per heavy atom. The number of nitrogens with one attached hydrogen (secondary N) is 1. The average Bonchev–Trinajstić information content (AvgIpc) is 3.00. The molecule has 1 aromatic heterocycles. The maximum atomic E-state index is 11.9. The number of aromatic nitrogens is 1. The minimum atomic E-state index is -0.482. The van der Waals surface area contributed by atoms with E-state index in [1.807, 2.05) is 5.38 Å². The molecule has 2 rings (SSSR count). The van der Waals surface area contributed by atoms with E-state index in [4.69, 9.17) is 11.6 Å². The zero-order valence-electron chi connectivity index (χ0n) is 11.3. The maximum absolute atomic E-state index is 11.9. The summed E-state index contributed by atoms with van der Waals surface area (Å²) in [6.45, 7) is 0. The van der Waals surface area contributed by atoms with E-state index in [1.54, 1.807) is 17.6 Å². The second-order valence-corrected chi connectivity index (χ2v) is 5.34. The van der Waals surface area contributed by atoms with Crippen molar-refractivity contribution >= 4 is 40.5 Å². The molecule has 0 aliphatic carbocycles. The predicted molar refractivity (Wildman–Crippen MR) is 81.9 cm³/mol. The number of benzene rings is 1. The molecular weight excluding hydrogens is 312 g/mol. The van der Waals surface area contributed by atoms with Gasteiger partial charge in [0.2, 0.25) is 5.91 Å². The fraction of sp³-hybridized carbons (Fsp3) is 0.214. The molecule has 0 saturated heterocycles. The van der Waals surface area contributed by atoms with Gasteiger partial charge in [-0.15, -0.1) is 11.3 Å². The van der Waals surface area contributed by atoms with E-state index in [-0.39, 0.29) is 5.91 Å². The molecule has 21 heavy (non-hydrogen) atoms. The first kappa shape index (κ1) is 15.5. The van der Waals surface area contributed by atoms with Gasteiger partial charge >= 0.3 is 5.97 Å². The van der Waals surface area contributed by atoms with Crippen LogP contribution in [0.4, 0.5) is 5.69 Å². The minimum Gasteiger partial charge on any atom is -0.465 e. The molecular formula is C14H13ClN2O3S. The lowest BCUT2D eigenvalue weighted by Gasteiger charge is -2.08. The van der Waals surface area contributed by atoms with Crippen LogP contribution in [0.5, 0.6) is 0 Å². The van der Waals surface area contributed by atoms with E-state index in [2.05, 4.69) is 15.0 Å². The van der Waals surface area contributed by atoms with Gasteiger partial charge in [0.05, 0.1) is 34.6 Å². The molecule has 0 aliphatic rings. The van der Waals surface area contributed by atoms with Gasteiger partial charge in [-0.3, -0.25) is 4.79 Å². The molecule has 0 aliphatic heterocycles. The number of carbonyl (C=O) groups is 2. The van der Waals surface area contributed by atoms with Crippen LogP contribution >= 0.6 is 22.9 Å². The number of rotatable bonds is 5. The number of hydrogen-bond donors (Lipinski definition) is 1. The maximum Gasteiger partial charge on any atom is 0.337 e. The van der Waals surface area contributed by atoms with Crippen molar-refractivity contribution in [2.75, 3.05) is 12.4 Å².